The summed E-state index contributed by atoms with van der Waals surface area (Å²) in [5.74, 6) is -1.09. The van der Waals surface area contributed by atoms with Crippen LogP contribution in [0.15, 0.2) is 59.0 Å². The number of anilines is 1. The van der Waals surface area contributed by atoms with Crippen molar-refractivity contribution in [3.05, 3.63) is 76.0 Å². The molecule has 0 saturated heterocycles. The minimum absolute atomic E-state index is 0.00795. The number of aromatic carboxylic acids is 1. The number of thiocarbonyl (C=S) groups is 1. The molecule has 0 unspecified atom stereocenters. The van der Waals surface area contributed by atoms with Crippen LogP contribution < -0.4 is 10.6 Å². The molecule has 6 nitrogen and oxygen atoms in total. The van der Waals surface area contributed by atoms with E-state index in [1.165, 1.54) is 24.3 Å². The number of hydrogen-bond acceptors (Lipinski definition) is 4. The van der Waals surface area contributed by atoms with Crippen LogP contribution >= 0.6 is 35.4 Å². The number of carbonyl (C=O) groups excluding carboxylic acids is 1. The lowest BCUT2D eigenvalue weighted by Crippen LogP contribution is -2.33. The molecule has 3 aromatic rings. The molecule has 0 fully saturated rings. The minimum Gasteiger partial charge on any atom is -0.478 e. The van der Waals surface area contributed by atoms with Gasteiger partial charge in [-0.05, 0) is 66.8 Å². The van der Waals surface area contributed by atoms with Crippen LogP contribution in [-0.2, 0) is 0 Å². The van der Waals surface area contributed by atoms with E-state index in [1.54, 1.807) is 30.3 Å². The fourth-order valence-corrected chi connectivity index (χ4v) is 2.92. The maximum atomic E-state index is 12.3. The number of carbonyl (C=O) groups is 2. The van der Waals surface area contributed by atoms with E-state index in [4.69, 9.17) is 44.9 Å². The summed E-state index contributed by atoms with van der Waals surface area (Å²) in [5, 5.41) is 14.9. The van der Waals surface area contributed by atoms with Gasteiger partial charge in [0.05, 0.1) is 10.6 Å². The highest BCUT2D eigenvalue weighted by atomic mass is 35.5. The Balaban J connectivity index is 1.65. The molecular formula is C19H12Cl2N2O4S. The summed E-state index contributed by atoms with van der Waals surface area (Å²) in [5.41, 5.74) is 1.17. The topological polar surface area (TPSA) is 91.6 Å². The largest absolute Gasteiger partial charge is 0.478 e. The quantitative estimate of drug-likeness (QED) is 0.496. The fourth-order valence-electron chi connectivity index (χ4n) is 2.32. The third kappa shape index (κ3) is 4.69. The van der Waals surface area contributed by atoms with Crippen LogP contribution in [0.3, 0.4) is 0 Å². The van der Waals surface area contributed by atoms with Crippen molar-refractivity contribution in [2.24, 2.45) is 0 Å². The fraction of sp³-hybridized carbons (Fsp3) is 0. The average Bonchev–Trinajstić information content (AvgIpc) is 3.12. The summed E-state index contributed by atoms with van der Waals surface area (Å²) >= 11 is 16.9. The van der Waals surface area contributed by atoms with Gasteiger partial charge in [-0.15, -0.1) is 0 Å². The summed E-state index contributed by atoms with van der Waals surface area (Å²) < 4.78 is 5.55. The highest BCUT2D eigenvalue weighted by Crippen LogP contribution is 2.24. The molecule has 2 aromatic carbocycles. The summed E-state index contributed by atoms with van der Waals surface area (Å²) in [6.45, 7) is 0. The lowest BCUT2D eigenvalue weighted by atomic mass is 10.2. The van der Waals surface area contributed by atoms with Crippen LogP contribution in [-0.4, -0.2) is 22.1 Å². The highest BCUT2D eigenvalue weighted by Gasteiger charge is 2.15. The number of amides is 1. The van der Waals surface area contributed by atoms with Crippen molar-refractivity contribution < 1.29 is 19.1 Å². The zero-order valence-corrected chi connectivity index (χ0v) is 16.4. The molecule has 28 heavy (non-hydrogen) atoms. The van der Waals surface area contributed by atoms with Crippen molar-refractivity contribution >= 4 is 58.1 Å². The first kappa shape index (κ1) is 19.9. The summed E-state index contributed by atoms with van der Waals surface area (Å²) in [4.78, 5) is 23.3. The Morgan fingerprint density at radius 1 is 1.00 bits per heavy atom. The molecule has 142 valence electrons. The van der Waals surface area contributed by atoms with Crippen LogP contribution in [0.1, 0.15) is 20.9 Å². The Kier molecular flexibility index (Phi) is 5.99. The first-order chi connectivity index (χ1) is 13.3. The van der Waals surface area contributed by atoms with E-state index in [0.29, 0.717) is 16.5 Å². The lowest BCUT2D eigenvalue weighted by molar-refractivity contribution is 0.0697. The summed E-state index contributed by atoms with van der Waals surface area (Å²) in [7, 11) is 0. The van der Waals surface area contributed by atoms with Gasteiger partial charge in [0.1, 0.15) is 5.76 Å². The van der Waals surface area contributed by atoms with E-state index < -0.39 is 11.9 Å². The Morgan fingerprint density at radius 3 is 2.36 bits per heavy atom. The first-order valence-electron chi connectivity index (χ1n) is 7.84. The minimum atomic E-state index is -1.14. The molecule has 0 saturated carbocycles. The SMILES string of the molecule is O=C(NC(=S)Nc1ccc(C(=O)O)c(Cl)c1)c1ccc(-c2ccc(Cl)cc2)o1. The number of halogens is 2. The molecule has 0 radical (unpaired) electrons. The zero-order chi connectivity index (χ0) is 20.3. The Labute approximate surface area is 175 Å². The lowest BCUT2D eigenvalue weighted by Gasteiger charge is -2.09. The van der Waals surface area contributed by atoms with E-state index in [-0.39, 0.29) is 21.5 Å². The van der Waals surface area contributed by atoms with Gasteiger partial charge < -0.3 is 14.8 Å². The number of furan rings is 1. The molecule has 0 spiro atoms. The number of carboxylic acids is 1. The van der Waals surface area contributed by atoms with Crippen molar-refractivity contribution in [3.63, 3.8) is 0 Å². The Hall–Kier alpha value is -2.87. The molecule has 0 atom stereocenters. The van der Waals surface area contributed by atoms with Gasteiger partial charge in [0.2, 0.25) is 0 Å². The molecule has 0 aliphatic rings. The third-order valence-corrected chi connectivity index (χ3v) is 4.41. The van der Waals surface area contributed by atoms with Crippen LogP contribution in [0.25, 0.3) is 11.3 Å². The van der Waals surface area contributed by atoms with Crippen molar-refractivity contribution in [2.75, 3.05) is 5.32 Å². The maximum absolute atomic E-state index is 12.3. The Morgan fingerprint density at radius 2 is 1.71 bits per heavy atom. The third-order valence-electron chi connectivity index (χ3n) is 3.64. The summed E-state index contributed by atoms with van der Waals surface area (Å²) in [6.07, 6.45) is 0. The van der Waals surface area contributed by atoms with Crippen molar-refractivity contribution in [2.45, 2.75) is 0 Å². The number of rotatable bonds is 4. The predicted octanol–water partition coefficient (Wildman–Crippen LogP) is 5.08. The molecule has 9 heteroatoms. The number of carboxylic acid groups (broad SMARTS) is 1. The maximum Gasteiger partial charge on any atom is 0.337 e. The van der Waals surface area contributed by atoms with Gasteiger partial charge in [-0.3, -0.25) is 10.1 Å². The molecule has 1 heterocycles. The van der Waals surface area contributed by atoms with Crippen LogP contribution in [0.2, 0.25) is 10.0 Å². The van der Waals surface area contributed by atoms with E-state index in [1.807, 2.05) is 0 Å². The monoisotopic (exact) mass is 434 g/mol. The molecule has 0 aliphatic carbocycles. The second-order valence-corrected chi connectivity index (χ2v) is 6.83. The van der Waals surface area contributed by atoms with Gasteiger partial charge in [-0.25, -0.2) is 4.79 Å². The highest BCUT2D eigenvalue weighted by molar-refractivity contribution is 7.80. The van der Waals surface area contributed by atoms with Crippen molar-refractivity contribution in [1.82, 2.24) is 5.32 Å². The van der Waals surface area contributed by atoms with Crippen LogP contribution in [0, 0.1) is 0 Å². The summed E-state index contributed by atoms with van der Waals surface area (Å²) in [6, 6.07) is 14.4. The normalized spacial score (nSPS) is 10.4. The molecule has 0 aliphatic heterocycles. The smallest absolute Gasteiger partial charge is 0.337 e. The van der Waals surface area contributed by atoms with E-state index >= 15 is 0 Å². The van der Waals surface area contributed by atoms with Gasteiger partial charge >= 0.3 is 5.97 Å². The number of benzene rings is 2. The molecule has 1 aromatic heterocycles. The van der Waals surface area contributed by atoms with Gasteiger partial charge in [0, 0.05) is 16.3 Å². The zero-order valence-electron chi connectivity index (χ0n) is 14.0. The number of nitrogens with one attached hydrogen (secondary N) is 2. The van der Waals surface area contributed by atoms with Gasteiger partial charge in [0.25, 0.3) is 5.91 Å². The predicted molar refractivity (Wildman–Crippen MR) is 111 cm³/mol. The Bertz CT molecular complexity index is 1060. The average molecular weight is 435 g/mol. The van der Waals surface area contributed by atoms with Gasteiger partial charge in [-0.2, -0.15) is 0 Å². The van der Waals surface area contributed by atoms with Crippen LogP contribution in [0.4, 0.5) is 5.69 Å². The van der Waals surface area contributed by atoms with Crippen molar-refractivity contribution in [1.29, 1.82) is 0 Å². The standard InChI is InChI=1S/C19H12Cl2N2O4S/c20-11-3-1-10(2-4-11)15-7-8-16(27-15)17(24)23-19(28)22-12-5-6-13(18(25)26)14(21)9-12/h1-9H,(H,25,26)(H2,22,23,24,28). The molecule has 0 bridgehead atoms. The molecule has 3 N–H and O–H groups in total. The second-order valence-electron chi connectivity index (χ2n) is 5.58. The number of hydrogen-bond donors (Lipinski definition) is 3. The second kappa shape index (κ2) is 8.43. The van der Waals surface area contributed by atoms with Crippen molar-refractivity contribution in [3.8, 4) is 11.3 Å². The van der Waals surface area contributed by atoms with Gasteiger partial charge in [-0.1, -0.05) is 23.2 Å². The van der Waals surface area contributed by atoms with Crippen LogP contribution in [0.5, 0.6) is 0 Å². The van der Waals surface area contributed by atoms with E-state index in [0.717, 1.165) is 5.56 Å². The first-order valence-corrected chi connectivity index (χ1v) is 9.01. The molecular weight excluding hydrogens is 423 g/mol. The van der Waals surface area contributed by atoms with Gasteiger partial charge in [0.15, 0.2) is 10.9 Å². The van der Waals surface area contributed by atoms with E-state index in [2.05, 4.69) is 10.6 Å². The molecule has 3 rings (SSSR count). The van der Waals surface area contributed by atoms with E-state index in [9.17, 15) is 9.59 Å². The molecule has 1 amide bonds.